The summed E-state index contributed by atoms with van der Waals surface area (Å²) in [5.41, 5.74) is 0.0956. The summed E-state index contributed by atoms with van der Waals surface area (Å²) < 4.78 is 82.9. The van der Waals surface area contributed by atoms with E-state index in [1.807, 2.05) is 0 Å². The van der Waals surface area contributed by atoms with Crippen LogP contribution in [0.2, 0.25) is 5.02 Å². The van der Waals surface area contributed by atoms with Crippen molar-refractivity contribution in [2.24, 2.45) is 0 Å². The number of methoxy groups -OCH3 is 1. The quantitative estimate of drug-likeness (QED) is 0.331. The van der Waals surface area contributed by atoms with Crippen LogP contribution in [0.4, 0.5) is 13.2 Å². The molecule has 0 saturated heterocycles. The van der Waals surface area contributed by atoms with Crippen LogP contribution < -0.4 is 14.2 Å². The van der Waals surface area contributed by atoms with Gasteiger partial charge in [0.25, 0.3) is 0 Å². The van der Waals surface area contributed by atoms with Crippen molar-refractivity contribution < 1.29 is 35.8 Å². The molecule has 0 bridgehead atoms. The SMILES string of the molecule is COCCOc1ccc(CS(=O)(=O)NCCc2ccncc2)c(Oc2ncc(C(F)(F)F)cc2Cl)c1. The first-order valence-electron chi connectivity index (χ1n) is 10.6. The van der Waals surface area contributed by atoms with Crippen LogP contribution >= 0.6 is 11.6 Å². The highest BCUT2D eigenvalue weighted by Crippen LogP contribution is 2.36. The first-order chi connectivity index (χ1) is 17.1. The second-order valence-corrected chi connectivity index (χ2v) is 9.69. The Morgan fingerprint density at radius 3 is 2.50 bits per heavy atom. The number of ether oxygens (including phenoxy) is 3. The molecule has 0 saturated carbocycles. The van der Waals surface area contributed by atoms with E-state index in [2.05, 4.69) is 14.7 Å². The summed E-state index contributed by atoms with van der Waals surface area (Å²) in [6.07, 6.45) is -0.362. The van der Waals surface area contributed by atoms with Gasteiger partial charge in [-0.3, -0.25) is 4.98 Å². The predicted molar refractivity (Wildman–Crippen MR) is 127 cm³/mol. The fraction of sp³-hybridized carbons (Fsp3) is 0.304. The zero-order chi connectivity index (χ0) is 26.2. The fourth-order valence-electron chi connectivity index (χ4n) is 3.00. The largest absolute Gasteiger partial charge is 0.491 e. The molecule has 0 aliphatic rings. The summed E-state index contributed by atoms with van der Waals surface area (Å²) in [5.74, 6) is -0.437. The Labute approximate surface area is 211 Å². The Hall–Kier alpha value is -2.93. The van der Waals surface area contributed by atoms with E-state index >= 15 is 0 Å². The highest BCUT2D eigenvalue weighted by Gasteiger charge is 2.32. The van der Waals surface area contributed by atoms with Crippen molar-refractivity contribution in [2.45, 2.75) is 18.3 Å². The lowest BCUT2D eigenvalue weighted by atomic mass is 10.2. The van der Waals surface area contributed by atoms with Gasteiger partial charge in [-0.15, -0.1) is 0 Å². The minimum absolute atomic E-state index is 0.0126. The number of sulfonamides is 1. The maximum absolute atomic E-state index is 12.9. The summed E-state index contributed by atoms with van der Waals surface area (Å²) in [6.45, 7) is 0.677. The van der Waals surface area contributed by atoms with E-state index < -0.39 is 27.5 Å². The summed E-state index contributed by atoms with van der Waals surface area (Å²) >= 11 is 5.97. The van der Waals surface area contributed by atoms with E-state index in [-0.39, 0.29) is 35.4 Å². The fourth-order valence-corrected chi connectivity index (χ4v) is 4.37. The van der Waals surface area contributed by atoms with Crippen LogP contribution in [0.5, 0.6) is 17.4 Å². The second-order valence-electron chi connectivity index (χ2n) is 7.48. The molecule has 0 spiro atoms. The molecule has 0 radical (unpaired) electrons. The molecule has 2 aromatic heterocycles. The molecule has 1 aromatic carbocycles. The van der Waals surface area contributed by atoms with Gasteiger partial charge in [-0.05, 0) is 36.2 Å². The Morgan fingerprint density at radius 1 is 1.08 bits per heavy atom. The predicted octanol–water partition coefficient (Wildman–Crippen LogP) is 4.63. The van der Waals surface area contributed by atoms with Crippen LogP contribution in [-0.4, -0.2) is 45.3 Å². The third-order valence-electron chi connectivity index (χ3n) is 4.77. The van der Waals surface area contributed by atoms with Crippen LogP contribution in [0.3, 0.4) is 0 Å². The van der Waals surface area contributed by atoms with Gasteiger partial charge in [-0.2, -0.15) is 13.2 Å². The van der Waals surface area contributed by atoms with Crippen molar-refractivity contribution in [3.63, 3.8) is 0 Å². The number of rotatable bonds is 12. The van der Waals surface area contributed by atoms with E-state index in [9.17, 15) is 21.6 Å². The molecule has 8 nitrogen and oxygen atoms in total. The monoisotopic (exact) mass is 545 g/mol. The maximum atomic E-state index is 12.9. The molecule has 1 N–H and O–H groups in total. The molecule has 3 aromatic rings. The van der Waals surface area contributed by atoms with E-state index in [0.29, 0.717) is 31.0 Å². The van der Waals surface area contributed by atoms with Gasteiger partial charge >= 0.3 is 6.18 Å². The highest BCUT2D eigenvalue weighted by molar-refractivity contribution is 7.88. The lowest BCUT2D eigenvalue weighted by molar-refractivity contribution is -0.137. The van der Waals surface area contributed by atoms with Gasteiger partial charge in [0.15, 0.2) is 0 Å². The van der Waals surface area contributed by atoms with E-state index in [1.54, 1.807) is 30.6 Å². The zero-order valence-corrected chi connectivity index (χ0v) is 20.7. The van der Waals surface area contributed by atoms with Gasteiger partial charge in [0.05, 0.1) is 17.9 Å². The molecule has 0 amide bonds. The third-order valence-corrected chi connectivity index (χ3v) is 6.37. The van der Waals surface area contributed by atoms with Crippen molar-refractivity contribution in [1.29, 1.82) is 0 Å². The van der Waals surface area contributed by atoms with Crippen molar-refractivity contribution in [3.8, 4) is 17.4 Å². The molecule has 0 aliphatic heterocycles. The number of benzene rings is 1. The zero-order valence-electron chi connectivity index (χ0n) is 19.1. The number of hydrogen-bond donors (Lipinski definition) is 1. The Kier molecular flexibility index (Phi) is 9.49. The number of halogens is 4. The van der Waals surface area contributed by atoms with E-state index in [4.69, 9.17) is 25.8 Å². The topological polar surface area (TPSA) is 99.6 Å². The Morgan fingerprint density at radius 2 is 1.83 bits per heavy atom. The minimum Gasteiger partial charge on any atom is -0.491 e. The van der Waals surface area contributed by atoms with Crippen molar-refractivity contribution in [2.75, 3.05) is 26.9 Å². The van der Waals surface area contributed by atoms with Gasteiger partial charge in [-0.1, -0.05) is 17.7 Å². The smallest absolute Gasteiger partial charge is 0.417 e. The summed E-state index contributed by atoms with van der Waals surface area (Å²) in [4.78, 5) is 7.58. The minimum atomic E-state index is -4.63. The molecule has 2 heterocycles. The summed E-state index contributed by atoms with van der Waals surface area (Å²) in [5, 5.41) is -0.389. The number of hydrogen-bond acceptors (Lipinski definition) is 7. The number of nitrogens with one attached hydrogen (secondary N) is 1. The molecule has 0 aliphatic carbocycles. The van der Waals surface area contributed by atoms with E-state index in [0.717, 1.165) is 5.56 Å². The highest BCUT2D eigenvalue weighted by atomic mass is 35.5. The standard InChI is InChI=1S/C23H23ClF3N3O5S/c1-33-10-11-34-19-3-2-17(15-36(31,32)30-9-6-16-4-7-28-8-5-16)21(13-19)35-22-20(24)12-18(14-29-22)23(25,26)27/h2-5,7-8,12-14,30H,6,9-11,15H2,1H3. The molecule has 36 heavy (non-hydrogen) atoms. The summed E-state index contributed by atoms with van der Waals surface area (Å²) in [7, 11) is -2.29. The molecule has 3 rings (SSSR count). The number of aromatic nitrogens is 2. The summed E-state index contributed by atoms with van der Waals surface area (Å²) in [6, 6.07) is 8.68. The molecule has 0 unspecified atom stereocenters. The lowest BCUT2D eigenvalue weighted by Gasteiger charge is -2.15. The second kappa shape index (κ2) is 12.3. The molecule has 194 valence electrons. The third kappa shape index (κ3) is 8.33. The van der Waals surface area contributed by atoms with Crippen LogP contribution in [0.1, 0.15) is 16.7 Å². The Bertz CT molecular complexity index is 1260. The van der Waals surface area contributed by atoms with Gasteiger partial charge < -0.3 is 14.2 Å². The average Bonchev–Trinajstić information content (AvgIpc) is 2.82. The lowest BCUT2D eigenvalue weighted by Crippen LogP contribution is -2.27. The van der Waals surface area contributed by atoms with E-state index in [1.165, 1.54) is 19.2 Å². The van der Waals surface area contributed by atoms with Crippen molar-refractivity contribution in [3.05, 3.63) is 76.7 Å². The molecule has 13 heteroatoms. The average molecular weight is 546 g/mol. The van der Waals surface area contributed by atoms with Gasteiger partial charge in [-0.25, -0.2) is 18.1 Å². The molecule has 0 fully saturated rings. The van der Waals surface area contributed by atoms with Gasteiger partial charge in [0.1, 0.15) is 23.1 Å². The number of pyridine rings is 2. The van der Waals surface area contributed by atoms with Gasteiger partial charge in [0.2, 0.25) is 15.9 Å². The van der Waals surface area contributed by atoms with Crippen LogP contribution in [0.25, 0.3) is 0 Å². The maximum Gasteiger partial charge on any atom is 0.417 e. The first kappa shape index (κ1) is 27.7. The van der Waals surface area contributed by atoms with Crippen molar-refractivity contribution >= 4 is 21.6 Å². The van der Waals surface area contributed by atoms with Crippen molar-refractivity contribution in [1.82, 2.24) is 14.7 Å². The van der Waals surface area contributed by atoms with Crippen LogP contribution in [0.15, 0.2) is 55.0 Å². The number of nitrogens with zero attached hydrogens (tertiary/aromatic N) is 2. The van der Waals surface area contributed by atoms with Gasteiger partial charge in [0, 0.05) is 43.9 Å². The molecular weight excluding hydrogens is 523 g/mol. The van der Waals surface area contributed by atoms with Crippen LogP contribution in [-0.2, 0) is 33.1 Å². The first-order valence-corrected chi connectivity index (χ1v) is 12.6. The van der Waals surface area contributed by atoms with Crippen LogP contribution in [0, 0.1) is 0 Å². The molecular formula is C23H23ClF3N3O5S. The normalized spacial score (nSPS) is 11.9. The molecule has 0 atom stereocenters. The Balaban J connectivity index is 1.80. The number of alkyl halides is 3.